The maximum absolute atomic E-state index is 12.5. The molecule has 0 aromatic rings. The molecule has 0 saturated carbocycles. The number of piperidine rings is 1. The van der Waals surface area contributed by atoms with E-state index >= 15 is 0 Å². The number of rotatable bonds is 4. The second-order valence-electron chi connectivity index (χ2n) is 5.55. The molecule has 138 valence electrons. The maximum atomic E-state index is 12.5. The summed E-state index contributed by atoms with van der Waals surface area (Å²) in [5.74, 6) is 0.741. The van der Waals surface area contributed by atoms with Gasteiger partial charge in [0.2, 0.25) is 0 Å². The highest BCUT2D eigenvalue weighted by Gasteiger charge is 2.50. The molecule has 1 aliphatic rings. The Morgan fingerprint density at radius 3 is 2.22 bits per heavy atom. The van der Waals surface area contributed by atoms with E-state index in [0.29, 0.717) is 29.7 Å². The van der Waals surface area contributed by atoms with E-state index in [4.69, 9.17) is 0 Å². The number of hydrogen-bond acceptors (Lipinski definition) is 3. The Morgan fingerprint density at radius 1 is 1.30 bits per heavy atom. The van der Waals surface area contributed by atoms with Gasteiger partial charge in [-0.3, -0.25) is 4.99 Å². The first-order valence-electron chi connectivity index (χ1n) is 7.11. The molecule has 0 radical (unpaired) electrons. The predicted octanol–water partition coefficient (Wildman–Crippen LogP) is 1.74. The highest BCUT2D eigenvalue weighted by Crippen LogP contribution is 2.30. The molecule has 0 atom stereocenters. The Morgan fingerprint density at radius 2 is 1.83 bits per heavy atom. The number of sulfonamides is 1. The molecule has 0 unspecified atom stereocenters. The van der Waals surface area contributed by atoms with Gasteiger partial charge in [-0.1, -0.05) is 0 Å². The Kier molecular flexibility index (Phi) is 9.13. The number of nitrogens with zero attached hydrogens (tertiary/aromatic N) is 2. The molecular formula is C12H24F3IN4O2S. The van der Waals surface area contributed by atoms with Crippen molar-refractivity contribution in [3.8, 4) is 0 Å². The number of aliphatic imine (C=N–C) groups is 1. The zero-order valence-electron chi connectivity index (χ0n) is 13.4. The number of guanidine groups is 1. The molecule has 0 aliphatic carbocycles. The van der Waals surface area contributed by atoms with Gasteiger partial charge in [-0.2, -0.15) is 17.5 Å². The van der Waals surface area contributed by atoms with Gasteiger partial charge < -0.3 is 10.6 Å². The third-order valence-corrected chi connectivity index (χ3v) is 5.04. The molecule has 0 aromatic heterocycles. The monoisotopic (exact) mass is 472 g/mol. The van der Waals surface area contributed by atoms with Gasteiger partial charge in [-0.15, -0.1) is 24.0 Å². The van der Waals surface area contributed by atoms with Gasteiger partial charge in [0.05, 0.1) is 0 Å². The van der Waals surface area contributed by atoms with Gasteiger partial charge in [0.25, 0.3) is 0 Å². The quantitative estimate of drug-likeness (QED) is 0.372. The van der Waals surface area contributed by atoms with Crippen LogP contribution < -0.4 is 10.6 Å². The number of alkyl halides is 3. The van der Waals surface area contributed by atoms with Gasteiger partial charge in [0, 0.05) is 32.7 Å². The first-order valence-corrected chi connectivity index (χ1v) is 8.55. The molecular weight excluding hydrogens is 448 g/mol. The lowest BCUT2D eigenvalue weighted by molar-refractivity contribution is -0.0496. The topological polar surface area (TPSA) is 73.8 Å². The van der Waals surface area contributed by atoms with Gasteiger partial charge in [-0.05, 0) is 32.6 Å². The van der Waals surface area contributed by atoms with Gasteiger partial charge in [-0.25, -0.2) is 8.42 Å². The largest absolute Gasteiger partial charge is 0.511 e. The lowest BCUT2D eigenvalue weighted by Gasteiger charge is -2.31. The first kappa shape index (κ1) is 22.7. The average Bonchev–Trinajstić information content (AvgIpc) is 2.42. The first-order chi connectivity index (χ1) is 10.1. The highest BCUT2D eigenvalue weighted by atomic mass is 127. The predicted molar refractivity (Wildman–Crippen MR) is 94.3 cm³/mol. The fraction of sp³-hybridized carbons (Fsp3) is 0.917. The van der Waals surface area contributed by atoms with Crippen molar-refractivity contribution in [3.63, 3.8) is 0 Å². The lowest BCUT2D eigenvalue weighted by Crippen LogP contribution is -2.47. The van der Waals surface area contributed by atoms with Crippen LogP contribution in [0.2, 0.25) is 0 Å². The van der Waals surface area contributed by atoms with E-state index in [1.54, 1.807) is 7.05 Å². The lowest BCUT2D eigenvalue weighted by atomic mass is 9.98. The Balaban J connectivity index is 0.00000484. The molecule has 1 rings (SSSR count). The van der Waals surface area contributed by atoms with Crippen LogP contribution in [0.15, 0.2) is 4.99 Å². The van der Waals surface area contributed by atoms with Crippen LogP contribution >= 0.6 is 24.0 Å². The SMILES string of the molecule is CN=C(NCC1CCN(S(=O)(=O)C(F)(F)F)CC1)NC(C)C.I. The molecule has 1 aliphatic heterocycles. The van der Waals surface area contributed by atoms with Crippen molar-refractivity contribution in [2.75, 3.05) is 26.7 Å². The summed E-state index contributed by atoms with van der Waals surface area (Å²) in [4.78, 5) is 4.04. The molecule has 0 spiro atoms. The van der Waals surface area contributed by atoms with E-state index in [1.807, 2.05) is 13.8 Å². The summed E-state index contributed by atoms with van der Waals surface area (Å²) in [5, 5.41) is 6.21. The molecule has 11 heteroatoms. The third kappa shape index (κ3) is 6.61. The van der Waals surface area contributed by atoms with Crippen molar-refractivity contribution in [2.24, 2.45) is 10.9 Å². The van der Waals surface area contributed by atoms with E-state index in [-0.39, 0.29) is 49.0 Å². The van der Waals surface area contributed by atoms with Gasteiger partial charge in [0.15, 0.2) is 5.96 Å². The zero-order valence-corrected chi connectivity index (χ0v) is 16.5. The average molecular weight is 472 g/mol. The molecule has 23 heavy (non-hydrogen) atoms. The van der Waals surface area contributed by atoms with Crippen molar-refractivity contribution < 1.29 is 21.6 Å². The van der Waals surface area contributed by atoms with Crippen LogP contribution in [0.3, 0.4) is 0 Å². The van der Waals surface area contributed by atoms with Gasteiger partial charge in [0.1, 0.15) is 0 Å². The zero-order chi connectivity index (χ0) is 17.0. The minimum Gasteiger partial charge on any atom is -0.356 e. The fourth-order valence-electron chi connectivity index (χ4n) is 2.21. The molecule has 1 heterocycles. The van der Waals surface area contributed by atoms with Crippen molar-refractivity contribution >= 4 is 40.0 Å². The molecule has 1 fully saturated rings. The van der Waals surface area contributed by atoms with Crippen LogP contribution in [0.4, 0.5) is 13.2 Å². The summed E-state index contributed by atoms with van der Waals surface area (Å²) >= 11 is 0. The molecule has 0 aromatic carbocycles. The van der Waals surface area contributed by atoms with Crippen molar-refractivity contribution in [1.29, 1.82) is 0 Å². The van der Waals surface area contributed by atoms with E-state index in [1.165, 1.54) is 0 Å². The van der Waals surface area contributed by atoms with Crippen LogP contribution in [0.1, 0.15) is 26.7 Å². The number of halogens is 4. The second-order valence-corrected chi connectivity index (χ2v) is 7.47. The second kappa shape index (κ2) is 9.25. The Labute approximate surface area is 152 Å². The number of nitrogens with one attached hydrogen (secondary N) is 2. The standard InChI is InChI=1S/C12H23F3N4O2S.HI/c1-9(2)18-11(16-3)17-8-10-4-6-19(7-5-10)22(20,21)12(13,14)15;/h9-10H,4-8H2,1-3H3,(H2,16,17,18);1H. The Bertz CT molecular complexity index is 489. The number of hydrogen-bond donors (Lipinski definition) is 2. The summed E-state index contributed by atoms with van der Waals surface area (Å²) in [5.41, 5.74) is -5.22. The summed E-state index contributed by atoms with van der Waals surface area (Å²) in [6, 6.07) is 0.213. The van der Waals surface area contributed by atoms with Crippen molar-refractivity contribution in [2.45, 2.75) is 38.2 Å². The van der Waals surface area contributed by atoms with Crippen LogP contribution in [0, 0.1) is 5.92 Å². The van der Waals surface area contributed by atoms with E-state index in [2.05, 4.69) is 15.6 Å². The van der Waals surface area contributed by atoms with E-state index < -0.39 is 15.5 Å². The van der Waals surface area contributed by atoms with E-state index in [0.717, 1.165) is 0 Å². The normalized spacial score (nSPS) is 18.7. The molecule has 1 saturated heterocycles. The molecule has 0 bridgehead atoms. The van der Waals surface area contributed by atoms with Gasteiger partial charge >= 0.3 is 15.5 Å². The summed E-state index contributed by atoms with van der Waals surface area (Å²) in [7, 11) is -3.56. The van der Waals surface area contributed by atoms with E-state index in [9.17, 15) is 21.6 Å². The fourth-order valence-corrected chi connectivity index (χ4v) is 3.19. The molecule has 0 amide bonds. The minimum atomic E-state index is -5.22. The molecule has 6 nitrogen and oxygen atoms in total. The smallest absolute Gasteiger partial charge is 0.356 e. The maximum Gasteiger partial charge on any atom is 0.511 e. The summed E-state index contributed by atoms with van der Waals surface area (Å²) < 4.78 is 60.5. The van der Waals surface area contributed by atoms with Crippen LogP contribution in [-0.2, 0) is 10.0 Å². The van der Waals surface area contributed by atoms with Crippen LogP contribution in [0.25, 0.3) is 0 Å². The third-order valence-electron chi connectivity index (χ3n) is 3.41. The minimum absolute atomic E-state index is 0. The molecule has 2 N–H and O–H groups in total. The van der Waals surface area contributed by atoms with Crippen LogP contribution in [0.5, 0.6) is 0 Å². The summed E-state index contributed by atoms with van der Waals surface area (Å²) in [6.45, 7) is 4.27. The Hall–Kier alpha value is -0.300. The van der Waals surface area contributed by atoms with Crippen molar-refractivity contribution in [1.82, 2.24) is 14.9 Å². The van der Waals surface area contributed by atoms with Crippen LogP contribution in [-0.4, -0.2) is 56.9 Å². The summed E-state index contributed by atoms with van der Waals surface area (Å²) in [6.07, 6.45) is 0.780. The highest BCUT2D eigenvalue weighted by molar-refractivity contribution is 14.0. The van der Waals surface area contributed by atoms with Crippen molar-refractivity contribution in [3.05, 3.63) is 0 Å².